The number of hydrogen-bond acceptors (Lipinski definition) is 3. The standard InChI is InChI=1S/C20H19Cl2N5O2/c1-25-9-11(6-16(25)28)20(29)26-4-5-27-15(10-26)17(12-7-23-24-8-12)13-2-3-14(21)18(22)19(13)27/h2-3,7-8,11H,4-6,9-10H2,1H3,(H,23,24). The molecule has 5 rings (SSSR count). The summed E-state index contributed by atoms with van der Waals surface area (Å²) in [5.41, 5.74) is 3.83. The fraction of sp³-hybridized carbons (Fsp3) is 0.350. The molecule has 1 saturated heterocycles. The van der Waals surface area contributed by atoms with Gasteiger partial charge >= 0.3 is 0 Å². The number of aromatic nitrogens is 3. The molecule has 1 aromatic carbocycles. The molecule has 7 nitrogen and oxygen atoms in total. The minimum absolute atomic E-state index is 0.0231. The first-order valence-corrected chi connectivity index (χ1v) is 10.2. The van der Waals surface area contributed by atoms with Crippen LogP contribution in [0.2, 0.25) is 10.0 Å². The van der Waals surface area contributed by atoms with E-state index in [9.17, 15) is 9.59 Å². The minimum Gasteiger partial charge on any atom is -0.345 e. The Hall–Kier alpha value is -2.51. The summed E-state index contributed by atoms with van der Waals surface area (Å²) >= 11 is 12.9. The van der Waals surface area contributed by atoms with Crippen molar-refractivity contribution in [2.45, 2.75) is 19.5 Å². The number of amides is 2. The van der Waals surface area contributed by atoms with Crippen LogP contribution >= 0.6 is 23.2 Å². The molecule has 29 heavy (non-hydrogen) atoms. The number of nitrogens with zero attached hydrogens (tertiary/aromatic N) is 4. The van der Waals surface area contributed by atoms with Crippen molar-refractivity contribution < 1.29 is 9.59 Å². The summed E-state index contributed by atoms with van der Waals surface area (Å²) < 4.78 is 2.15. The molecule has 0 spiro atoms. The van der Waals surface area contributed by atoms with E-state index in [0.717, 1.165) is 27.7 Å². The van der Waals surface area contributed by atoms with Gasteiger partial charge in [-0.05, 0) is 6.07 Å². The highest BCUT2D eigenvalue weighted by atomic mass is 35.5. The summed E-state index contributed by atoms with van der Waals surface area (Å²) in [7, 11) is 1.74. The highest BCUT2D eigenvalue weighted by Crippen LogP contribution is 2.42. The van der Waals surface area contributed by atoms with Crippen LogP contribution in [-0.4, -0.2) is 56.5 Å². The highest BCUT2D eigenvalue weighted by Gasteiger charge is 2.37. The number of aromatic amines is 1. The van der Waals surface area contributed by atoms with E-state index in [2.05, 4.69) is 14.8 Å². The molecule has 2 aromatic heterocycles. The molecule has 0 saturated carbocycles. The molecule has 1 unspecified atom stereocenters. The number of nitrogens with one attached hydrogen (secondary N) is 1. The van der Waals surface area contributed by atoms with E-state index in [1.54, 1.807) is 24.2 Å². The van der Waals surface area contributed by atoms with Crippen LogP contribution in [-0.2, 0) is 22.7 Å². The van der Waals surface area contributed by atoms with Crippen LogP contribution in [0.1, 0.15) is 12.1 Å². The number of fused-ring (bicyclic) bond motifs is 3. The van der Waals surface area contributed by atoms with Gasteiger partial charge < -0.3 is 14.4 Å². The number of carbonyl (C=O) groups is 2. The first-order chi connectivity index (χ1) is 14.0. The van der Waals surface area contributed by atoms with Crippen LogP contribution in [0.25, 0.3) is 22.0 Å². The average molecular weight is 432 g/mol. The number of hydrogen-bond donors (Lipinski definition) is 1. The molecule has 3 aromatic rings. The third kappa shape index (κ3) is 2.83. The largest absolute Gasteiger partial charge is 0.345 e. The summed E-state index contributed by atoms with van der Waals surface area (Å²) in [5.74, 6) is -0.227. The lowest BCUT2D eigenvalue weighted by Crippen LogP contribution is -2.42. The second-order valence-corrected chi connectivity index (χ2v) is 8.44. The van der Waals surface area contributed by atoms with Gasteiger partial charge in [0.15, 0.2) is 0 Å². The lowest BCUT2D eigenvalue weighted by atomic mass is 10.0. The minimum atomic E-state index is -0.279. The predicted molar refractivity (Wildman–Crippen MR) is 111 cm³/mol. The van der Waals surface area contributed by atoms with Gasteiger partial charge in [0.25, 0.3) is 0 Å². The van der Waals surface area contributed by atoms with Crippen molar-refractivity contribution in [3.63, 3.8) is 0 Å². The topological polar surface area (TPSA) is 74.2 Å². The Morgan fingerprint density at radius 1 is 1.28 bits per heavy atom. The first-order valence-electron chi connectivity index (χ1n) is 9.46. The molecule has 2 aliphatic rings. The van der Waals surface area contributed by atoms with Gasteiger partial charge in [-0.2, -0.15) is 5.10 Å². The van der Waals surface area contributed by atoms with Crippen molar-refractivity contribution in [1.82, 2.24) is 24.6 Å². The van der Waals surface area contributed by atoms with E-state index < -0.39 is 0 Å². The summed E-state index contributed by atoms with van der Waals surface area (Å²) in [6.07, 6.45) is 3.89. The lowest BCUT2D eigenvalue weighted by Gasteiger charge is -2.31. The van der Waals surface area contributed by atoms with Gasteiger partial charge in [0.05, 0.1) is 34.2 Å². The van der Waals surface area contributed by atoms with E-state index in [0.29, 0.717) is 36.2 Å². The third-order valence-corrected chi connectivity index (χ3v) is 6.74. The Morgan fingerprint density at radius 3 is 2.79 bits per heavy atom. The zero-order valence-electron chi connectivity index (χ0n) is 15.8. The van der Waals surface area contributed by atoms with Crippen LogP contribution in [0.4, 0.5) is 0 Å². The molecular weight excluding hydrogens is 413 g/mol. The normalized spacial score (nSPS) is 19.3. The second-order valence-electron chi connectivity index (χ2n) is 7.65. The zero-order valence-corrected chi connectivity index (χ0v) is 17.3. The van der Waals surface area contributed by atoms with E-state index in [1.807, 2.05) is 17.2 Å². The molecule has 0 bridgehead atoms. The van der Waals surface area contributed by atoms with Crippen LogP contribution in [0.5, 0.6) is 0 Å². The number of likely N-dealkylation sites (tertiary alicyclic amines) is 1. The molecular formula is C20H19Cl2N5O2. The van der Waals surface area contributed by atoms with Crippen molar-refractivity contribution in [3.05, 3.63) is 40.3 Å². The molecule has 0 radical (unpaired) electrons. The van der Waals surface area contributed by atoms with E-state index in [-0.39, 0.29) is 24.2 Å². The highest BCUT2D eigenvalue weighted by molar-refractivity contribution is 6.45. The molecule has 1 N–H and O–H groups in total. The Bertz CT molecular complexity index is 1140. The quantitative estimate of drug-likeness (QED) is 0.676. The number of halogens is 2. The summed E-state index contributed by atoms with van der Waals surface area (Å²) in [4.78, 5) is 28.5. The molecule has 2 amide bonds. The van der Waals surface area contributed by atoms with Gasteiger partial charge in [0, 0.05) is 61.5 Å². The molecule has 0 aliphatic carbocycles. The van der Waals surface area contributed by atoms with Crippen molar-refractivity contribution in [2.24, 2.45) is 5.92 Å². The molecule has 1 fully saturated rings. The second kappa shape index (κ2) is 6.78. The number of rotatable bonds is 2. The van der Waals surface area contributed by atoms with Crippen LogP contribution < -0.4 is 0 Å². The Morgan fingerprint density at radius 2 is 2.10 bits per heavy atom. The fourth-order valence-corrected chi connectivity index (χ4v) is 4.93. The predicted octanol–water partition coefficient (Wildman–Crippen LogP) is 3.16. The molecule has 150 valence electrons. The van der Waals surface area contributed by atoms with Crippen LogP contribution in [0.15, 0.2) is 24.5 Å². The molecule has 2 aliphatic heterocycles. The Kier molecular flexibility index (Phi) is 4.33. The summed E-state index contributed by atoms with van der Waals surface area (Å²) in [6.45, 7) is 2.12. The number of benzene rings is 1. The van der Waals surface area contributed by atoms with E-state index in [4.69, 9.17) is 23.2 Å². The average Bonchev–Trinajstić information content (AvgIpc) is 3.42. The summed E-state index contributed by atoms with van der Waals surface area (Å²) in [6, 6.07) is 3.76. The third-order valence-electron chi connectivity index (χ3n) is 5.95. The van der Waals surface area contributed by atoms with Crippen molar-refractivity contribution in [1.29, 1.82) is 0 Å². The SMILES string of the molecule is CN1CC(C(=O)N2CCn3c(c(-c4cn[nH]c4)c4ccc(Cl)c(Cl)c43)C2)CC1=O. The van der Waals surface area contributed by atoms with Crippen molar-refractivity contribution in [3.8, 4) is 11.1 Å². The zero-order chi connectivity index (χ0) is 20.3. The van der Waals surface area contributed by atoms with Gasteiger partial charge in [-0.15, -0.1) is 0 Å². The number of carbonyl (C=O) groups excluding carboxylic acids is 2. The lowest BCUT2D eigenvalue weighted by molar-refractivity contribution is -0.137. The molecule has 1 atom stereocenters. The number of H-pyrrole nitrogens is 1. The maximum Gasteiger partial charge on any atom is 0.228 e. The van der Waals surface area contributed by atoms with Crippen LogP contribution in [0.3, 0.4) is 0 Å². The Labute approximate surface area is 177 Å². The van der Waals surface area contributed by atoms with Gasteiger partial charge in [-0.25, -0.2) is 0 Å². The van der Waals surface area contributed by atoms with Crippen LogP contribution in [0, 0.1) is 5.92 Å². The van der Waals surface area contributed by atoms with E-state index >= 15 is 0 Å². The molecule has 4 heterocycles. The smallest absolute Gasteiger partial charge is 0.228 e. The van der Waals surface area contributed by atoms with Gasteiger partial charge in [-0.1, -0.05) is 29.3 Å². The van der Waals surface area contributed by atoms with E-state index in [1.165, 1.54) is 0 Å². The summed E-state index contributed by atoms with van der Waals surface area (Å²) in [5, 5.41) is 8.96. The van der Waals surface area contributed by atoms with Crippen molar-refractivity contribution in [2.75, 3.05) is 20.1 Å². The fourth-order valence-electron chi connectivity index (χ4n) is 4.51. The maximum absolute atomic E-state index is 13.1. The van der Waals surface area contributed by atoms with Gasteiger partial charge in [0.2, 0.25) is 11.8 Å². The first kappa shape index (κ1) is 18.5. The van der Waals surface area contributed by atoms with Gasteiger partial charge in [0.1, 0.15) is 0 Å². The van der Waals surface area contributed by atoms with Gasteiger partial charge in [-0.3, -0.25) is 14.7 Å². The Balaban J connectivity index is 1.59. The maximum atomic E-state index is 13.1. The van der Waals surface area contributed by atoms with Crippen molar-refractivity contribution >= 4 is 45.9 Å². The monoisotopic (exact) mass is 431 g/mol. The molecule has 9 heteroatoms.